The number of ether oxygens (including phenoxy) is 2. The van der Waals surface area contributed by atoms with E-state index in [9.17, 15) is 24.8 Å². The minimum absolute atomic E-state index is 0.0484. The monoisotopic (exact) mass is 484 g/mol. The second kappa shape index (κ2) is 11.2. The van der Waals surface area contributed by atoms with E-state index in [2.05, 4.69) is 20.8 Å². The molecule has 3 aromatic rings. The average molecular weight is 484 g/mol. The van der Waals surface area contributed by atoms with Crippen LogP contribution in [0.1, 0.15) is 41.0 Å². The molecule has 0 spiro atoms. The number of methoxy groups -OCH3 is 2. The third kappa shape index (κ3) is 6.14. The molecule has 2 N–H and O–H groups in total. The summed E-state index contributed by atoms with van der Waals surface area (Å²) in [5.41, 5.74) is 1.74. The lowest BCUT2D eigenvalue weighted by atomic mass is 9.98. The molecule has 0 saturated heterocycles. The van der Waals surface area contributed by atoms with E-state index in [1.54, 1.807) is 18.2 Å². The number of aromatic nitrogens is 4. The van der Waals surface area contributed by atoms with Crippen LogP contribution in [-0.2, 0) is 20.9 Å². The first kappa shape index (κ1) is 25.2. The molecule has 0 saturated carbocycles. The van der Waals surface area contributed by atoms with Gasteiger partial charge in [0.05, 0.1) is 31.6 Å². The van der Waals surface area contributed by atoms with Crippen LogP contribution in [0, 0.1) is 17.0 Å². The zero-order valence-electron chi connectivity index (χ0n) is 19.2. The summed E-state index contributed by atoms with van der Waals surface area (Å²) in [5, 5.41) is 35.9. The minimum atomic E-state index is -1.06. The van der Waals surface area contributed by atoms with Crippen molar-refractivity contribution in [2.24, 2.45) is 0 Å². The van der Waals surface area contributed by atoms with E-state index in [-0.39, 0.29) is 30.2 Å². The maximum Gasteiger partial charge on any atom is 0.327 e. The number of tetrazole rings is 1. The van der Waals surface area contributed by atoms with E-state index < -0.39 is 28.9 Å². The van der Waals surface area contributed by atoms with Crippen molar-refractivity contribution in [3.8, 4) is 5.75 Å². The van der Waals surface area contributed by atoms with Crippen molar-refractivity contribution < 1.29 is 29.1 Å². The topological polar surface area (TPSA) is 172 Å². The summed E-state index contributed by atoms with van der Waals surface area (Å²) >= 11 is 0. The number of carbonyl (C=O) groups excluding carboxylic acids is 1. The lowest BCUT2D eigenvalue weighted by Gasteiger charge is -2.25. The number of hydrogen-bond acceptors (Lipinski definition) is 10. The van der Waals surface area contributed by atoms with Gasteiger partial charge in [-0.2, -0.15) is 0 Å². The molecular formula is C22H24N6O7. The maximum atomic E-state index is 11.9. The second-order valence-corrected chi connectivity index (χ2v) is 7.62. The van der Waals surface area contributed by atoms with Gasteiger partial charge in [0.15, 0.2) is 11.6 Å². The lowest BCUT2D eigenvalue weighted by molar-refractivity contribution is -0.385. The summed E-state index contributed by atoms with van der Waals surface area (Å²) in [5.74, 6) is -1.49. The van der Waals surface area contributed by atoms with Crippen LogP contribution in [-0.4, -0.2) is 56.4 Å². The molecule has 1 aromatic heterocycles. The Balaban J connectivity index is 2.13. The highest BCUT2D eigenvalue weighted by Crippen LogP contribution is 2.33. The van der Waals surface area contributed by atoms with Crippen molar-refractivity contribution in [1.29, 1.82) is 0 Å². The smallest absolute Gasteiger partial charge is 0.327 e. The van der Waals surface area contributed by atoms with Gasteiger partial charge in [-0.05, 0) is 34.5 Å². The van der Waals surface area contributed by atoms with E-state index >= 15 is 0 Å². The van der Waals surface area contributed by atoms with Gasteiger partial charge < -0.3 is 14.6 Å². The Hall–Kier alpha value is -4.39. The molecule has 13 heteroatoms. The van der Waals surface area contributed by atoms with E-state index in [0.717, 1.165) is 5.56 Å². The molecule has 2 atom stereocenters. The molecule has 0 fully saturated rings. The number of nitro benzene ring substituents is 1. The minimum Gasteiger partial charge on any atom is -0.490 e. The number of carbonyl (C=O) groups is 2. The summed E-state index contributed by atoms with van der Waals surface area (Å²) in [7, 11) is 2.53. The number of nitrogens with one attached hydrogen (secondary N) is 1. The van der Waals surface area contributed by atoms with Gasteiger partial charge in [-0.3, -0.25) is 25.0 Å². The van der Waals surface area contributed by atoms with Crippen LogP contribution in [0.4, 0.5) is 5.69 Å². The number of aliphatic carboxylic acids is 1. The molecule has 184 valence electrons. The van der Waals surface area contributed by atoms with Gasteiger partial charge in [-0.25, -0.2) is 4.68 Å². The van der Waals surface area contributed by atoms with Gasteiger partial charge in [-0.15, -0.1) is 5.10 Å². The number of nitro groups is 1. The Kier molecular flexibility index (Phi) is 8.04. The van der Waals surface area contributed by atoms with Gasteiger partial charge in [0.1, 0.15) is 6.54 Å². The van der Waals surface area contributed by atoms with Gasteiger partial charge in [-0.1, -0.05) is 35.9 Å². The van der Waals surface area contributed by atoms with Crippen LogP contribution in [0.2, 0.25) is 0 Å². The van der Waals surface area contributed by atoms with Crippen molar-refractivity contribution in [2.75, 3.05) is 14.2 Å². The number of hydrogen-bond donors (Lipinski definition) is 2. The summed E-state index contributed by atoms with van der Waals surface area (Å²) in [6, 6.07) is 9.93. The molecule has 35 heavy (non-hydrogen) atoms. The molecule has 0 bridgehead atoms. The van der Waals surface area contributed by atoms with Crippen LogP contribution < -0.4 is 10.1 Å². The van der Waals surface area contributed by atoms with Crippen LogP contribution in [0.15, 0.2) is 42.5 Å². The Morgan fingerprint density at radius 2 is 1.86 bits per heavy atom. The van der Waals surface area contributed by atoms with Crippen molar-refractivity contribution in [3.63, 3.8) is 0 Å². The largest absolute Gasteiger partial charge is 0.490 e. The van der Waals surface area contributed by atoms with Crippen molar-refractivity contribution >= 4 is 17.6 Å². The first-order chi connectivity index (χ1) is 16.7. The van der Waals surface area contributed by atoms with E-state index in [1.165, 1.54) is 31.0 Å². The van der Waals surface area contributed by atoms with Crippen LogP contribution in [0.25, 0.3) is 0 Å². The quantitative estimate of drug-likeness (QED) is 0.231. The summed E-state index contributed by atoms with van der Waals surface area (Å²) in [6.45, 7) is 1.59. The van der Waals surface area contributed by atoms with E-state index in [1.807, 2.05) is 19.1 Å². The molecule has 2 unspecified atom stereocenters. The zero-order chi connectivity index (χ0) is 25.5. The Morgan fingerprint density at radius 3 is 2.46 bits per heavy atom. The Bertz CT molecular complexity index is 1210. The van der Waals surface area contributed by atoms with Crippen LogP contribution >= 0.6 is 0 Å². The highest BCUT2D eigenvalue weighted by atomic mass is 16.6. The number of rotatable bonds is 11. The van der Waals surface area contributed by atoms with E-state index in [0.29, 0.717) is 11.1 Å². The number of nitrogens with zero attached hydrogens (tertiary/aromatic N) is 5. The predicted octanol–water partition coefficient (Wildman–Crippen LogP) is 1.97. The first-order valence-electron chi connectivity index (χ1n) is 10.4. The standard InChI is InChI=1S/C22H24N6O7/c1-13-4-6-14(7-5-13)16(11-19(29)30)23-21(22-24-25-26-27(22)12-20(31)35-3)15-8-9-18(34-2)17(10-15)28(32)33/h4-10,16,21,23H,11-12H2,1-3H3,(H,29,30). The number of carboxylic acid groups (broad SMARTS) is 1. The van der Waals surface area contributed by atoms with Gasteiger partial charge in [0.2, 0.25) is 0 Å². The summed E-state index contributed by atoms with van der Waals surface area (Å²) in [4.78, 5) is 34.6. The maximum absolute atomic E-state index is 11.9. The average Bonchev–Trinajstić information content (AvgIpc) is 3.29. The van der Waals surface area contributed by atoms with Gasteiger partial charge in [0, 0.05) is 12.1 Å². The summed E-state index contributed by atoms with van der Waals surface area (Å²) in [6.07, 6.45) is -0.295. The highest BCUT2D eigenvalue weighted by Gasteiger charge is 2.29. The van der Waals surface area contributed by atoms with Crippen LogP contribution in [0.5, 0.6) is 5.75 Å². The molecule has 0 amide bonds. The third-order valence-electron chi connectivity index (χ3n) is 5.28. The third-order valence-corrected chi connectivity index (χ3v) is 5.28. The van der Waals surface area contributed by atoms with Crippen molar-refractivity contribution in [2.45, 2.75) is 32.0 Å². The molecular weight excluding hydrogens is 460 g/mol. The van der Waals surface area contributed by atoms with Crippen molar-refractivity contribution in [1.82, 2.24) is 25.5 Å². The zero-order valence-corrected chi connectivity index (χ0v) is 19.2. The molecule has 3 rings (SSSR count). The normalized spacial score (nSPS) is 12.5. The Morgan fingerprint density at radius 1 is 1.17 bits per heavy atom. The number of carboxylic acids is 1. The Labute approximate surface area is 199 Å². The molecule has 0 aliphatic carbocycles. The SMILES string of the molecule is COC(=O)Cn1nnnc1C(NC(CC(=O)O)c1ccc(C)cc1)c1ccc(OC)c([N+](=O)[O-])c1. The van der Waals surface area contributed by atoms with Crippen molar-refractivity contribution in [3.05, 3.63) is 75.1 Å². The lowest BCUT2D eigenvalue weighted by Crippen LogP contribution is -2.32. The first-order valence-corrected chi connectivity index (χ1v) is 10.4. The molecule has 0 aliphatic heterocycles. The number of aryl methyl sites for hydroxylation is 1. The fourth-order valence-electron chi connectivity index (χ4n) is 3.51. The summed E-state index contributed by atoms with van der Waals surface area (Å²) < 4.78 is 11.0. The molecule has 2 aromatic carbocycles. The second-order valence-electron chi connectivity index (χ2n) is 7.62. The molecule has 1 heterocycles. The number of esters is 1. The highest BCUT2D eigenvalue weighted by molar-refractivity contribution is 5.69. The van der Waals surface area contributed by atoms with E-state index in [4.69, 9.17) is 9.47 Å². The van der Waals surface area contributed by atoms with Gasteiger partial charge in [0.25, 0.3) is 0 Å². The molecule has 13 nitrogen and oxygen atoms in total. The fraction of sp³-hybridized carbons (Fsp3) is 0.318. The fourth-order valence-corrected chi connectivity index (χ4v) is 3.51. The molecule has 0 radical (unpaired) electrons. The number of benzene rings is 2. The predicted molar refractivity (Wildman–Crippen MR) is 121 cm³/mol. The van der Waals surface area contributed by atoms with Crippen LogP contribution in [0.3, 0.4) is 0 Å². The molecule has 0 aliphatic rings. The van der Waals surface area contributed by atoms with Gasteiger partial charge >= 0.3 is 17.6 Å².